The molecule has 5 nitrogen and oxygen atoms in total. The molecule has 0 spiro atoms. The lowest BCUT2D eigenvalue weighted by Gasteiger charge is -2.13. The first kappa shape index (κ1) is 15.0. The Morgan fingerprint density at radius 2 is 1.95 bits per heavy atom. The molecule has 0 aliphatic heterocycles. The van der Waals surface area contributed by atoms with Crippen LogP contribution in [0.2, 0.25) is 0 Å². The van der Waals surface area contributed by atoms with Crippen LogP contribution >= 0.6 is 0 Å². The molecule has 0 aliphatic carbocycles. The number of hydrogen-bond acceptors (Lipinski definition) is 5. The van der Waals surface area contributed by atoms with Crippen LogP contribution in [0.25, 0.3) is 11.4 Å². The number of esters is 1. The molecule has 0 amide bonds. The van der Waals surface area contributed by atoms with Crippen molar-refractivity contribution in [2.75, 3.05) is 6.61 Å². The molecule has 0 fully saturated rings. The van der Waals surface area contributed by atoms with E-state index in [1.807, 2.05) is 37.3 Å². The maximum absolute atomic E-state index is 11.6. The second-order valence-electron chi connectivity index (χ2n) is 4.55. The zero-order chi connectivity index (χ0) is 15.2. The van der Waals surface area contributed by atoms with Gasteiger partial charge in [0.15, 0.2) is 11.9 Å². The summed E-state index contributed by atoms with van der Waals surface area (Å²) in [6.45, 7) is 5.57. The number of nitrogens with zero attached hydrogens (tertiary/aromatic N) is 2. The molecule has 5 heteroatoms. The lowest BCUT2D eigenvalue weighted by atomic mass is 10.2. The molecular weight excluding hydrogens is 268 g/mol. The molecule has 0 radical (unpaired) electrons. The van der Waals surface area contributed by atoms with Crippen LogP contribution in [-0.4, -0.2) is 28.6 Å². The summed E-state index contributed by atoms with van der Waals surface area (Å²) in [5, 5.41) is 0. The Balaban J connectivity index is 2.22. The summed E-state index contributed by atoms with van der Waals surface area (Å²) in [6, 6.07) is 11.3. The quantitative estimate of drug-likeness (QED) is 0.791. The topological polar surface area (TPSA) is 61.3 Å². The normalized spacial score (nSPS) is 11.8. The fraction of sp³-hybridized carbons (Fsp3) is 0.312. The molecule has 1 atom stereocenters. The smallest absolute Gasteiger partial charge is 0.347 e. The van der Waals surface area contributed by atoms with Crippen LogP contribution in [0.5, 0.6) is 5.88 Å². The van der Waals surface area contributed by atoms with E-state index in [0.29, 0.717) is 18.3 Å². The lowest BCUT2D eigenvalue weighted by Crippen LogP contribution is -2.26. The van der Waals surface area contributed by atoms with Crippen molar-refractivity contribution in [1.82, 2.24) is 9.97 Å². The number of hydrogen-bond donors (Lipinski definition) is 0. The van der Waals surface area contributed by atoms with E-state index < -0.39 is 12.1 Å². The molecular formula is C16H18N2O3. The van der Waals surface area contributed by atoms with Gasteiger partial charge in [0.05, 0.1) is 6.61 Å². The number of carbonyl (C=O) groups excluding carboxylic acids is 1. The second-order valence-corrected chi connectivity index (χ2v) is 4.55. The van der Waals surface area contributed by atoms with Gasteiger partial charge in [0.2, 0.25) is 5.88 Å². The number of rotatable bonds is 5. The van der Waals surface area contributed by atoms with Gasteiger partial charge in [0.1, 0.15) is 0 Å². The minimum atomic E-state index is -0.706. The summed E-state index contributed by atoms with van der Waals surface area (Å²) < 4.78 is 10.5. The number of carbonyl (C=O) groups is 1. The third kappa shape index (κ3) is 4.02. The Bertz CT molecular complexity index is 614. The van der Waals surface area contributed by atoms with Gasteiger partial charge in [-0.2, -0.15) is 4.98 Å². The molecule has 1 aromatic heterocycles. The van der Waals surface area contributed by atoms with Crippen molar-refractivity contribution >= 4 is 5.97 Å². The van der Waals surface area contributed by atoms with Gasteiger partial charge in [-0.3, -0.25) is 0 Å². The summed E-state index contributed by atoms with van der Waals surface area (Å²) in [5.41, 5.74) is 1.67. The summed E-state index contributed by atoms with van der Waals surface area (Å²) >= 11 is 0. The van der Waals surface area contributed by atoms with E-state index >= 15 is 0 Å². The van der Waals surface area contributed by atoms with Crippen molar-refractivity contribution in [1.29, 1.82) is 0 Å². The lowest BCUT2D eigenvalue weighted by molar-refractivity contribution is -0.150. The molecule has 1 aromatic carbocycles. The average molecular weight is 286 g/mol. The van der Waals surface area contributed by atoms with Gasteiger partial charge < -0.3 is 9.47 Å². The van der Waals surface area contributed by atoms with Crippen LogP contribution in [0.3, 0.4) is 0 Å². The molecule has 0 bridgehead atoms. The molecule has 21 heavy (non-hydrogen) atoms. The number of benzene rings is 1. The van der Waals surface area contributed by atoms with Crippen LogP contribution in [0, 0.1) is 6.92 Å². The standard InChI is InChI=1S/C16H18N2O3/c1-4-20-16(19)12(3)21-14-10-11(2)17-15(18-14)13-8-6-5-7-9-13/h5-10,12H,4H2,1-3H3/t12-/m0/s1. The minimum Gasteiger partial charge on any atom is -0.463 e. The van der Waals surface area contributed by atoms with Crippen molar-refractivity contribution in [3.63, 3.8) is 0 Å². The van der Waals surface area contributed by atoms with Crippen molar-refractivity contribution in [2.24, 2.45) is 0 Å². The Morgan fingerprint density at radius 3 is 2.62 bits per heavy atom. The van der Waals surface area contributed by atoms with Gasteiger partial charge in [-0.25, -0.2) is 9.78 Å². The van der Waals surface area contributed by atoms with Crippen molar-refractivity contribution in [2.45, 2.75) is 26.9 Å². The van der Waals surface area contributed by atoms with Crippen molar-refractivity contribution in [3.05, 3.63) is 42.1 Å². The van der Waals surface area contributed by atoms with Crippen molar-refractivity contribution in [3.8, 4) is 17.3 Å². The second kappa shape index (κ2) is 6.83. The maximum atomic E-state index is 11.6. The molecule has 0 unspecified atom stereocenters. The molecule has 0 N–H and O–H groups in total. The van der Waals surface area contributed by atoms with E-state index in [1.54, 1.807) is 19.9 Å². The van der Waals surface area contributed by atoms with Gasteiger partial charge in [-0.05, 0) is 20.8 Å². The fourth-order valence-electron chi connectivity index (χ4n) is 1.81. The molecule has 1 heterocycles. The molecule has 110 valence electrons. The molecule has 2 aromatic rings. The SMILES string of the molecule is CCOC(=O)[C@H](C)Oc1cc(C)nc(-c2ccccc2)n1. The Labute approximate surface area is 124 Å². The molecule has 0 aliphatic rings. The summed E-state index contributed by atoms with van der Waals surface area (Å²) in [6.07, 6.45) is -0.706. The summed E-state index contributed by atoms with van der Waals surface area (Å²) in [5.74, 6) is 0.526. The molecule has 0 saturated carbocycles. The first-order chi connectivity index (χ1) is 10.1. The van der Waals surface area contributed by atoms with Gasteiger partial charge >= 0.3 is 5.97 Å². The Hall–Kier alpha value is -2.43. The predicted octanol–water partition coefficient (Wildman–Crippen LogP) is 2.78. The zero-order valence-corrected chi connectivity index (χ0v) is 12.4. The van der Waals surface area contributed by atoms with E-state index in [-0.39, 0.29) is 0 Å². The number of aryl methyl sites for hydroxylation is 1. The number of aromatic nitrogens is 2. The first-order valence-corrected chi connectivity index (χ1v) is 6.84. The van der Waals surface area contributed by atoms with Crippen LogP contribution in [0.4, 0.5) is 0 Å². The molecule has 0 saturated heterocycles. The zero-order valence-electron chi connectivity index (χ0n) is 12.4. The van der Waals surface area contributed by atoms with Crippen LogP contribution in [-0.2, 0) is 9.53 Å². The van der Waals surface area contributed by atoms with Crippen LogP contribution in [0.1, 0.15) is 19.5 Å². The van der Waals surface area contributed by atoms with E-state index in [9.17, 15) is 4.79 Å². The third-order valence-corrected chi connectivity index (χ3v) is 2.78. The predicted molar refractivity (Wildman–Crippen MR) is 78.9 cm³/mol. The van der Waals surface area contributed by atoms with Gasteiger partial charge in [0.25, 0.3) is 0 Å². The van der Waals surface area contributed by atoms with Crippen LogP contribution in [0.15, 0.2) is 36.4 Å². The average Bonchev–Trinajstić information content (AvgIpc) is 2.47. The minimum absolute atomic E-state index is 0.324. The fourth-order valence-corrected chi connectivity index (χ4v) is 1.81. The monoisotopic (exact) mass is 286 g/mol. The highest BCUT2D eigenvalue weighted by molar-refractivity contribution is 5.74. The highest BCUT2D eigenvalue weighted by Gasteiger charge is 2.17. The van der Waals surface area contributed by atoms with Crippen molar-refractivity contribution < 1.29 is 14.3 Å². The third-order valence-electron chi connectivity index (χ3n) is 2.78. The van der Waals surface area contributed by atoms with E-state index in [4.69, 9.17) is 9.47 Å². The summed E-state index contributed by atoms with van der Waals surface area (Å²) in [4.78, 5) is 20.3. The van der Waals surface area contributed by atoms with E-state index in [1.165, 1.54) is 0 Å². The van der Waals surface area contributed by atoms with Gasteiger partial charge in [0, 0.05) is 17.3 Å². The Morgan fingerprint density at radius 1 is 1.24 bits per heavy atom. The summed E-state index contributed by atoms with van der Waals surface area (Å²) in [7, 11) is 0. The van der Waals surface area contributed by atoms with E-state index in [2.05, 4.69) is 9.97 Å². The highest BCUT2D eigenvalue weighted by atomic mass is 16.6. The van der Waals surface area contributed by atoms with Crippen LogP contribution < -0.4 is 4.74 Å². The number of ether oxygens (including phenoxy) is 2. The van der Waals surface area contributed by atoms with Gasteiger partial charge in [-0.1, -0.05) is 30.3 Å². The van der Waals surface area contributed by atoms with Gasteiger partial charge in [-0.15, -0.1) is 0 Å². The maximum Gasteiger partial charge on any atom is 0.347 e. The largest absolute Gasteiger partial charge is 0.463 e. The van der Waals surface area contributed by atoms with E-state index in [0.717, 1.165) is 11.3 Å². The first-order valence-electron chi connectivity index (χ1n) is 6.84. The highest BCUT2D eigenvalue weighted by Crippen LogP contribution is 2.19. The molecule has 2 rings (SSSR count). The Kier molecular flexibility index (Phi) is 4.87.